The van der Waals surface area contributed by atoms with Crippen LogP contribution < -0.4 is 0 Å². The van der Waals surface area contributed by atoms with Crippen LogP contribution in [-0.4, -0.2) is 17.5 Å². The van der Waals surface area contributed by atoms with Crippen LogP contribution in [0.15, 0.2) is 42.7 Å². The summed E-state index contributed by atoms with van der Waals surface area (Å²) in [7, 11) is 0. The van der Waals surface area contributed by atoms with Crippen molar-refractivity contribution < 1.29 is 19.1 Å². The van der Waals surface area contributed by atoms with E-state index < -0.39 is 17.5 Å². The maximum Gasteiger partial charge on any atom is 0.343 e. The second-order valence-electron chi connectivity index (χ2n) is 6.09. The molecule has 0 unspecified atom stereocenters. The van der Waals surface area contributed by atoms with Gasteiger partial charge in [0, 0.05) is 6.08 Å². The first kappa shape index (κ1) is 15.5. The van der Waals surface area contributed by atoms with E-state index in [9.17, 15) is 9.59 Å². The Bertz CT molecular complexity index is 693. The fourth-order valence-corrected chi connectivity index (χ4v) is 3.42. The molecule has 1 fully saturated rings. The maximum absolute atomic E-state index is 12.6. The van der Waals surface area contributed by atoms with Gasteiger partial charge in [-0.05, 0) is 43.7 Å². The molecule has 1 aliphatic heterocycles. The average molecular weight is 312 g/mol. The Hall–Kier alpha value is -2.36. The summed E-state index contributed by atoms with van der Waals surface area (Å²) >= 11 is 0. The van der Waals surface area contributed by atoms with Gasteiger partial charge in [-0.3, -0.25) is 0 Å². The zero-order valence-corrected chi connectivity index (χ0v) is 13.3. The molecular formula is C19H20O4. The molecule has 1 aromatic rings. The van der Waals surface area contributed by atoms with Gasteiger partial charge in [0.15, 0.2) is 11.4 Å². The highest BCUT2D eigenvalue weighted by Crippen LogP contribution is 2.47. The number of hydrogen-bond acceptors (Lipinski definition) is 4. The lowest BCUT2D eigenvalue weighted by atomic mass is 9.82. The Morgan fingerprint density at radius 3 is 2.61 bits per heavy atom. The molecule has 0 saturated heterocycles. The van der Waals surface area contributed by atoms with E-state index >= 15 is 0 Å². The highest BCUT2D eigenvalue weighted by Gasteiger charge is 2.51. The van der Waals surface area contributed by atoms with E-state index in [0.717, 1.165) is 36.5 Å². The van der Waals surface area contributed by atoms with Crippen molar-refractivity contribution in [3.63, 3.8) is 0 Å². The summed E-state index contributed by atoms with van der Waals surface area (Å²) < 4.78 is 11.3. The van der Waals surface area contributed by atoms with Crippen LogP contribution in [0.4, 0.5) is 0 Å². The summed E-state index contributed by atoms with van der Waals surface area (Å²) in [5.74, 6) is -0.608. The number of aryl methyl sites for hydroxylation is 1. The minimum absolute atomic E-state index is 0.362. The van der Waals surface area contributed by atoms with E-state index in [1.54, 1.807) is 0 Å². The Morgan fingerprint density at radius 1 is 1.26 bits per heavy atom. The number of esters is 2. The predicted octanol–water partition coefficient (Wildman–Crippen LogP) is 3.70. The van der Waals surface area contributed by atoms with Crippen molar-refractivity contribution in [3.8, 4) is 0 Å². The zero-order valence-electron chi connectivity index (χ0n) is 13.3. The average Bonchev–Trinajstić information content (AvgIpc) is 2.80. The number of rotatable bonds is 3. The molecule has 0 bridgehead atoms. The van der Waals surface area contributed by atoms with Gasteiger partial charge < -0.3 is 9.47 Å². The van der Waals surface area contributed by atoms with Gasteiger partial charge in [-0.1, -0.05) is 37.3 Å². The van der Waals surface area contributed by atoms with Crippen molar-refractivity contribution in [2.75, 3.05) is 0 Å². The van der Waals surface area contributed by atoms with Gasteiger partial charge in [-0.2, -0.15) is 0 Å². The van der Waals surface area contributed by atoms with E-state index in [-0.39, 0.29) is 0 Å². The van der Waals surface area contributed by atoms with E-state index in [0.29, 0.717) is 24.2 Å². The first-order valence-corrected chi connectivity index (χ1v) is 7.96. The number of benzene rings is 1. The molecule has 4 heteroatoms. The summed E-state index contributed by atoms with van der Waals surface area (Å²) in [5.41, 5.74) is 1.28. The quantitative estimate of drug-likeness (QED) is 0.631. The van der Waals surface area contributed by atoms with Gasteiger partial charge in [0.1, 0.15) is 5.57 Å². The maximum atomic E-state index is 12.6. The monoisotopic (exact) mass is 312 g/mol. The third kappa shape index (κ3) is 2.69. The van der Waals surface area contributed by atoms with Crippen LogP contribution in [0, 0.1) is 6.92 Å². The van der Waals surface area contributed by atoms with Crippen LogP contribution in [0.2, 0.25) is 0 Å². The Labute approximate surface area is 135 Å². The summed E-state index contributed by atoms with van der Waals surface area (Å²) in [5, 5.41) is 0. The molecule has 0 N–H and O–H groups in total. The van der Waals surface area contributed by atoms with Crippen molar-refractivity contribution in [2.45, 2.75) is 44.6 Å². The largest absolute Gasteiger partial charge is 0.447 e. The van der Waals surface area contributed by atoms with E-state index in [1.165, 1.54) is 0 Å². The fourth-order valence-electron chi connectivity index (χ4n) is 3.42. The highest BCUT2D eigenvalue weighted by atomic mass is 16.6. The number of carbonyl (C=O) groups excluding carboxylic acids is 2. The van der Waals surface area contributed by atoms with Gasteiger partial charge in [0.2, 0.25) is 0 Å². The topological polar surface area (TPSA) is 52.6 Å². The van der Waals surface area contributed by atoms with Crippen LogP contribution in [0.1, 0.15) is 43.2 Å². The molecule has 2 aliphatic rings. The first-order valence-electron chi connectivity index (χ1n) is 7.96. The third-order valence-corrected chi connectivity index (χ3v) is 4.58. The SMILES string of the molecule is C=CC(=O)OC1=C(c2ccccc2C)C(=O)OC12CCCCC2. The number of ether oxygens (including phenoxy) is 2. The number of hydrogen-bond donors (Lipinski definition) is 0. The first-order chi connectivity index (χ1) is 11.1. The summed E-state index contributed by atoms with van der Waals surface area (Å²) in [4.78, 5) is 24.4. The van der Waals surface area contributed by atoms with Crippen molar-refractivity contribution in [2.24, 2.45) is 0 Å². The smallest absolute Gasteiger partial charge is 0.343 e. The van der Waals surface area contributed by atoms with Crippen molar-refractivity contribution in [1.29, 1.82) is 0 Å². The molecule has 4 nitrogen and oxygen atoms in total. The van der Waals surface area contributed by atoms with Crippen LogP contribution in [0.3, 0.4) is 0 Å². The molecule has 1 saturated carbocycles. The second-order valence-corrected chi connectivity index (χ2v) is 6.09. The molecule has 3 rings (SSSR count). The van der Waals surface area contributed by atoms with Gasteiger partial charge in [0.05, 0.1) is 0 Å². The van der Waals surface area contributed by atoms with E-state index in [1.807, 2.05) is 31.2 Å². The zero-order chi connectivity index (χ0) is 16.4. The molecular weight excluding hydrogens is 292 g/mol. The second kappa shape index (κ2) is 6.03. The Kier molecular flexibility index (Phi) is 4.07. The minimum atomic E-state index is -0.800. The van der Waals surface area contributed by atoms with Crippen molar-refractivity contribution >= 4 is 17.5 Å². The van der Waals surface area contributed by atoms with Crippen molar-refractivity contribution in [3.05, 3.63) is 53.8 Å². The summed E-state index contributed by atoms with van der Waals surface area (Å²) in [6.07, 6.45) is 5.48. The molecule has 0 radical (unpaired) electrons. The molecule has 1 aliphatic carbocycles. The van der Waals surface area contributed by atoms with Gasteiger partial charge >= 0.3 is 11.9 Å². The van der Waals surface area contributed by atoms with E-state index in [2.05, 4.69) is 6.58 Å². The molecule has 0 atom stereocenters. The highest BCUT2D eigenvalue weighted by molar-refractivity contribution is 6.20. The third-order valence-electron chi connectivity index (χ3n) is 4.58. The molecule has 23 heavy (non-hydrogen) atoms. The van der Waals surface area contributed by atoms with Crippen LogP contribution in [-0.2, 0) is 19.1 Å². The van der Waals surface area contributed by atoms with Gasteiger partial charge in [0.25, 0.3) is 0 Å². The lowest BCUT2D eigenvalue weighted by molar-refractivity contribution is -0.153. The summed E-state index contributed by atoms with van der Waals surface area (Å²) in [6, 6.07) is 7.55. The van der Waals surface area contributed by atoms with Crippen LogP contribution >= 0.6 is 0 Å². The molecule has 120 valence electrons. The Morgan fingerprint density at radius 2 is 1.96 bits per heavy atom. The fraction of sp³-hybridized carbons (Fsp3) is 0.368. The molecule has 1 aromatic carbocycles. The molecule has 0 aromatic heterocycles. The molecule has 0 amide bonds. The normalized spacial score (nSPS) is 19.6. The summed E-state index contributed by atoms with van der Waals surface area (Å²) in [6.45, 7) is 5.37. The van der Waals surface area contributed by atoms with Gasteiger partial charge in [-0.15, -0.1) is 0 Å². The lowest BCUT2D eigenvalue weighted by Gasteiger charge is -2.33. The predicted molar refractivity (Wildman–Crippen MR) is 86.3 cm³/mol. The Balaban J connectivity index is 2.15. The molecule has 1 heterocycles. The van der Waals surface area contributed by atoms with Crippen molar-refractivity contribution in [1.82, 2.24) is 0 Å². The molecule has 1 spiro atoms. The lowest BCUT2D eigenvalue weighted by Crippen LogP contribution is -2.36. The minimum Gasteiger partial charge on any atom is -0.447 e. The van der Waals surface area contributed by atoms with Crippen LogP contribution in [0.5, 0.6) is 0 Å². The van der Waals surface area contributed by atoms with Gasteiger partial charge in [-0.25, -0.2) is 9.59 Å². The number of carbonyl (C=O) groups is 2. The standard InChI is InChI=1S/C19H20O4/c1-3-15(20)22-17-16(14-10-6-5-9-13(14)2)18(21)23-19(17)11-7-4-8-12-19/h3,5-6,9-10H,1,4,7-8,11-12H2,2H3. The van der Waals surface area contributed by atoms with Crippen LogP contribution in [0.25, 0.3) is 5.57 Å². The van der Waals surface area contributed by atoms with E-state index in [4.69, 9.17) is 9.47 Å².